The van der Waals surface area contributed by atoms with E-state index in [4.69, 9.17) is 34.8 Å². The molecule has 0 fully saturated rings. The minimum absolute atomic E-state index is 0.526. The van der Waals surface area contributed by atoms with Crippen molar-refractivity contribution in [3.8, 4) is 0 Å². The summed E-state index contributed by atoms with van der Waals surface area (Å²) in [6.07, 6.45) is 1.67. The molecule has 0 aliphatic carbocycles. The zero-order chi connectivity index (χ0) is 12.3. The van der Waals surface area contributed by atoms with Crippen molar-refractivity contribution in [1.29, 1.82) is 0 Å². The first-order valence-electron chi connectivity index (χ1n) is 4.84. The Morgan fingerprint density at radius 3 is 2.71 bits per heavy atom. The van der Waals surface area contributed by atoms with Gasteiger partial charge in [0.2, 0.25) is 0 Å². The molecule has 0 saturated heterocycles. The minimum atomic E-state index is 0.526. The lowest BCUT2D eigenvalue weighted by atomic mass is 10.3. The van der Waals surface area contributed by atoms with Crippen LogP contribution in [0.25, 0.3) is 0 Å². The molecule has 0 spiro atoms. The molecule has 0 atom stereocenters. The third-order valence-electron chi connectivity index (χ3n) is 2.11. The van der Waals surface area contributed by atoms with Gasteiger partial charge in [0.25, 0.3) is 0 Å². The fraction of sp³-hybridized carbons (Fsp3) is 0.0833. The van der Waals surface area contributed by atoms with Gasteiger partial charge in [-0.2, -0.15) is 0 Å². The van der Waals surface area contributed by atoms with E-state index in [2.05, 4.69) is 4.98 Å². The summed E-state index contributed by atoms with van der Waals surface area (Å²) in [5, 5.41) is 1.90. The number of hydrogen-bond donors (Lipinski definition) is 0. The van der Waals surface area contributed by atoms with Crippen molar-refractivity contribution >= 4 is 46.6 Å². The molecule has 1 aromatic carbocycles. The minimum Gasteiger partial charge on any atom is -0.244 e. The third-order valence-corrected chi connectivity index (χ3v) is 4.23. The summed E-state index contributed by atoms with van der Waals surface area (Å²) in [5.74, 6) is 0.715. The molecule has 0 unspecified atom stereocenters. The van der Waals surface area contributed by atoms with E-state index in [1.54, 1.807) is 30.1 Å². The van der Waals surface area contributed by atoms with Crippen molar-refractivity contribution in [3.05, 3.63) is 57.3 Å². The number of rotatable bonds is 3. The Labute approximate surface area is 119 Å². The number of benzene rings is 1. The van der Waals surface area contributed by atoms with E-state index in [-0.39, 0.29) is 0 Å². The second kappa shape index (κ2) is 5.96. The maximum atomic E-state index is 6.07. The van der Waals surface area contributed by atoms with E-state index in [1.165, 1.54) is 0 Å². The molecule has 0 aliphatic heterocycles. The summed E-state index contributed by atoms with van der Waals surface area (Å²) in [4.78, 5) is 4.97. The molecule has 1 aromatic heterocycles. The number of nitrogens with zero attached hydrogens (tertiary/aromatic N) is 1. The highest BCUT2D eigenvalue weighted by Gasteiger charge is 2.05. The zero-order valence-corrected chi connectivity index (χ0v) is 11.7. The summed E-state index contributed by atoms with van der Waals surface area (Å²) in [7, 11) is 0. The zero-order valence-electron chi connectivity index (χ0n) is 8.66. The lowest BCUT2D eigenvalue weighted by molar-refractivity contribution is 1.25. The molecule has 1 nitrogen and oxygen atoms in total. The predicted octanol–water partition coefficient (Wildman–Crippen LogP) is 5.33. The van der Waals surface area contributed by atoms with E-state index >= 15 is 0 Å². The maximum Gasteiger partial charge on any atom is 0.133 e. The molecule has 17 heavy (non-hydrogen) atoms. The lowest BCUT2D eigenvalue weighted by Gasteiger charge is -2.05. The van der Waals surface area contributed by atoms with Gasteiger partial charge in [0, 0.05) is 21.9 Å². The van der Waals surface area contributed by atoms with Crippen molar-refractivity contribution < 1.29 is 0 Å². The Bertz CT molecular complexity index is 531. The molecule has 0 N–H and O–H groups in total. The highest BCUT2D eigenvalue weighted by molar-refractivity contribution is 7.98. The number of pyridine rings is 1. The van der Waals surface area contributed by atoms with Crippen molar-refractivity contribution in [3.63, 3.8) is 0 Å². The maximum absolute atomic E-state index is 6.07. The summed E-state index contributed by atoms with van der Waals surface area (Å²) >= 11 is 19.6. The van der Waals surface area contributed by atoms with Crippen LogP contribution in [0, 0.1) is 0 Å². The van der Waals surface area contributed by atoms with Gasteiger partial charge in [0.1, 0.15) is 5.15 Å². The third kappa shape index (κ3) is 3.52. The fourth-order valence-electron chi connectivity index (χ4n) is 1.27. The fourth-order valence-corrected chi connectivity index (χ4v) is 3.01. The van der Waals surface area contributed by atoms with Crippen molar-refractivity contribution in [2.45, 2.75) is 10.6 Å². The molecule has 0 bridgehead atoms. The molecule has 2 rings (SSSR count). The van der Waals surface area contributed by atoms with Gasteiger partial charge < -0.3 is 0 Å². The summed E-state index contributed by atoms with van der Waals surface area (Å²) in [6.45, 7) is 0. The van der Waals surface area contributed by atoms with Crippen LogP contribution in [-0.2, 0) is 5.75 Å². The molecule has 2 aromatic rings. The molecule has 1 heterocycles. The number of halogens is 3. The quantitative estimate of drug-likeness (QED) is 0.561. The largest absolute Gasteiger partial charge is 0.244 e. The van der Waals surface area contributed by atoms with Gasteiger partial charge in [-0.15, -0.1) is 11.8 Å². The molecule has 0 saturated carbocycles. The van der Waals surface area contributed by atoms with Crippen molar-refractivity contribution in [1.82, 2.24) is 4.98 Å². The molecular formula is C12H8Cl3NS. The van der Waals surface area contributed by atoms with Gasteiger partial charge in [-0.25, -0.2) is 4.98 Å². The SMILES string of the molecule is Clc1ccc(Cl)c(SCc2cccnc2Cl)c1. The van der Waals surface area contributed by atoms with Gasteiger partial charge in [0.05, 0.1) is 5.02 Å². The second-order valence-electron chi connectivity index (χ2n) is 3.32. The molecule has 0 radical (unpaired) electrons. The van der Waals surface area contributed by atoms with Crippen LogP contribution < -0.4 is 0 Å². The van der Waals surface area contributed by atoms with Crippen LogP contribution in [0.1, 0.15) is 5.56 Å². The van der Waals surface area contributed by atoms with E-state index in [0.717, 1.165) is 10.5 Å². The molecule has 0 aliphatic rings. The average Bonchev–Trinajstić information content (AvgIpc) is 2.32. The Kier molecular flexibility index (Phi) is 4.57. The smallest absolute Gasteiger partial charge is 0.133 e. The van der Waals surface area contributed by atoms with E-state index in [1.807, 2.05) is 18.2 Å². The summed E-state index contributed by atoms with van der Waals surface area (Å²) < 4.78 is 0. The van der Waals surface area contributed by atoms with Gasteiger partial charge in [0.15, 0.2) is 0 Å². The monoisotopic (exact) mass is 303 g/mol. The van der Waals surface area contributed by atoms with Gasteiger partial charge in [-0.3, -0.25) is 0 Å². The van der Waals surface area contributed by atoms with E-state index in [9.17, 15) is 0 Å². The lowest BCUT2D eigenvalue weighted by Crippen LogP contribution is -1.85. The van der Waals surface area contributed by atoms with E-state index in [0.29, 0.717) is 21.0 Å². The van der Waals surface area contributed by atoms with Crippen LogP contribution in [0.4, 0.5) is 0 Å². The molecular weight excluding hydrogens is 297 g/mol. The van der Waals surface area contributed by atoms with Crippen molar-refractivity contribution in [2.75, 3.05) is 0 Å². The van der Waals surface area contributed by atoms with Crippen LogP contribution in [-0.4, -0.2) is 4.98 Å². The first-order chi connectivity index (χ1) is 8.16. The normalized spacial score (nSPS) is 10.5. The van der Waals surface area contributed by atoms with Crippen LogP contribution in [0.2, 0.25) is 15.2 Å². The molecule has 5 heteroatoms. The first kappa shape index (κ1) is 13.0. The van der Waals surface area contributed by atoms with Crippen LogP contribution in [0.15, 0.2) is 41.4 Å². The van der Waals surface area contributed by atoms with Crippen LogP contribution in [0.3, 0.4) is 0 Å². The average molecular weight is 305 g/mol. The number of hydrogen-bond acceptors (Lipinski definition) is 2. The molecule has 88 valence electrons. The first-order valence-corrected chi connectivity index (χ1v) is 6.96. The number of thioether (sulfide) groups is 1. The standard InChI is InChI=1S/C12H8Cl3NS/c13-9-3-4-10(14)11(6-9)17-7-8-2-1-5-16-12(8)15/h1-6H,7H2. The van der Waals surface area contributed by atoms with Crippen LogP contribution >= 0.6 is 46.6 Å². The predicted molar refractivity (Wildman–Crippen MR) is 75.3 cm³/mol. The Balaban J connectivity index is 2.12. The van der Waals surface area contributed by atoms with Gasteiger partial charge in [-0.05, 0) is 29.8 Å². The topological polar surface area (TPSA) is 12.9 Å². The highest BCUT2D eigenvalue weighted by Crippen LogP contribution is 2.32. The van der Waals surface area contributed by atoms with Gasteiger partial charge >= 0.3 is 0 Å². The Morgan fingerprint density at radius 1 is 1.12 bits per heavy atom. The highest BCUT2D eigenvalue weighted by atomic mass is 35.5. The van der Waals surface area contributed by atoms with E-state index < -0.39 is 0 Å². The van der Waals surface area contributed by atoms with Gasteiger partial charge in [-0.1, -0.05) is 40.9 Å². The van der Waals surface area contributed by atoms with Crippen molar-refractivity contribution in [2.24, 2.45) is 0 Å². The Morgan fingerprint density at radius 2 is 1.94 bits per heavy atom. The summed E-state index contributed by atoms with van der Waals surface area (Å²) in [5.41, 5.74) is 0.982. The summed E-state index contributed by atoms with van der Waals surface area (Å²) in [6, 6.07) is 9.21. The van der Waals surface area contributed by atoms with Crippen LogP contribution in [0.5, 0.6) is 0 Å². The second-order valence-corrected chi connectivity index (χ2v) is 5.54. The Hall–Kier alpha value is -0.410. The number of aromatic nitrogens is 1. The molecule has 0 amide bonds.